The molecule has 0 radical (unpaired) electrons. The van der Waals surface area contributed by atoms with Crippen LogP contribution in [0.15, 0.2) is 42.5 Å². The number of amides is 1. The Morgan fingerprint density at radius 1 is 1.13 bits per heavy atom. The normalized spacial score (nSPS) is 12.9. The Kier molecular flexibility index (Phi) is 4.70. The summed E-state index contributed by atoms with van der Waals surface area (Å²) in [5.74, 6) is -6.50. The number of aliphatic hydroxyl groups excluding tert-OH is 1. The molecule has 0 fully saturated rings. The Bertz CT molecular complexity index is 717. The second-order valence-electron chi connectivity index (χ2n) is 4.99. The quantitative estimate of drug-likeness (QED) is 0.830. The minimum absolute atomic E-state index is 0.268. The molecule has 1 amide bonds. The van der Waals surface area contributed by atoms with Crippen molar-refractivity contribution in [2.45, 2.75) is 18.4 Å². The lowest BCUT2D eigenvalue weighted by Crippen LogP contribution is -2.33. The minimum atomic E-state index is -3.72. The van der Waals surface area contributed by atoms with E-state index in [2.05, 4.69) is 0 Å². The fourth-order valence-electron chi connectivity index (χ4n) is 2.13. The zero-order valence-corrected chi connectivity index (χ0v) is 11.8. The van der Waals surface area contributed by atoms with Crippen LogP contribution in [0.1, 0.15) is 21.5 Å². The molecular weight excluding hydrogens is 314 g/mol. The number of halogens is 4. The van der Waals surface area contributed by atoms with E-state index in [1.807, 2.05) is 0 Å². The van der Waals surface area contributed by atoms with E-state index >= 15 is 0 Å². The molecule has 0 aromatic heterocycles. The number of rotatable bonds is 5. The molecule has 0 aliphatic rings. The first kappa shape index (κ1) is 17.0. The molecule has 3 N–H and O–H groups in total. The summed E-state index contributed by atoms with van der Waals surface area (Å²) in [4.78, 5) is 11.0. The average molecular weight is 327 g/mol. The van der Waals surface area contributed by atoms with E-state index in [1.54, 1.807) is 0 Å². The number of nitrogens with two attached hydrogens (primary N) is 1. The summed E-state index contributed by atoms with van der Waals surface area (Å²) in [6.45, 7) is 0. The predicted octanol–water partition coefficient (Wildman–Crippen LogP) is 2.76. The van der Waals surface area contributed by atoms with Crippen molar-refractivity contribution in [3.8, 4) is 0 Å². The van der Waals surface area contributed by atoms with Gasteiger partial charge in [0.15, 0.2) is 0 Å². The first-order valence-corrected chi connectivity index (χ1v) is 6.62. The summed E-state index contributed by atoms with van der Waals surface area (Å²) >= 11 is 0. The summed E-state index contributed by atoms with van der Waals surface area (Å²) in [6.07, 6.45) is -3.00. The highest BCUT2D eigenvalue weighted by molar-refractivity contribution is 5.93. The van der Waals surface area contributed by atoms with Gasteiger partial charge in [0.1, 0.15) is 17.7 Å². The molecule has 23 heavy (non-hydrogen) atoms. The zero-order valence-electron chi connectivity index (χ0n) is 11.8. The SMILES string of the molecule is NC(=O)c1cccc(CC(O)C(F)(F)c2ccc(F)cc2)c1F. The van der Waals surface area contributed by atoms with Crippen LogP contribution < -0.4 is 5.73 Å². The maximum absolute atomic E-state index is 14.2. The lowest BCUT2D eigenvalue weighted by atomic mass is 9.96. The van der Waals surface area contributed by atoms with Crippen LogP contribution in [0.2, 0.25) is 0 Å². The highest BCUT2D eigenvalue weighted by atomic mass is 19.3. The van der Waals surface area contributed by atoms with Gasteiger partial charge in [-0.1, -0.05) is 24.3 Å². The number of benzene rings is 2. The van der Waals surface area contributed by atoms with Crippen LogP contribution in [0.25, 0.3) is 0 Å². The molecule has 2 aromatic carbocycles. The van der Waals surface area contributed by atoms with Gasteiger partial charge in [0.05, 0.1) is 5.56 Å². The van der Waals surface area contributed by atoms with Crippen LogP contribution in [-0.4, -0.2) is 17.1 Å². The molecule has 0 spiro atoms. The molecule has 2 aromatic rings. The fourth-order valence-corrected chi connectivity index (χ4v) is 2.13. The molecule has 1 unspecified atom stereocenters. The lowest BCUT2D eigenvalue weighted by Gasteiger charge is -2.23. The lowest BCUT2D eigenvalue weighted by molar-refractivity contribution is -0.114. The standard InChI is InChI=1S/C16H13F4NO2/c17-11-6-4-10(5-7-11)16(19,20)13(22)8-9-2-1-3-12(14(9)18)15(21)23/h1-7,13,22H,8H2,(H2,21,23). The van der Waals surface area contributed by atoms with Crippen LogP contribution in [0.5, 0.6) is 0 Å². The summed E-state index contributed by atoms with van der Waals surface area (Å²) in [5, 5.41) is 9.78. The van der Waals surface area contributed by atoms with E-state index < -0.39 is 47.1 Å². The number of alkyl halides is 2. The smallest absolute Gasteiger partial charge is 0.298 e. The van der Waals surface area contributed by atoms with Crippen molar-refractivity contribution in [1.29, 1.82) is 0 Å². The molecule has 1 atom stereocenters. The van der Waals surface area contributed by atoms with Gasteiger partial charge in [0.25, 0.3) is 11.8 Å². The third kappa shape index (κ3) is 3.50. The maximum Gasteiger partial charge on any atom is 0.298 e. The Morgan fingerprint density at radius 3 is 2.30 bits per heavy atom. The van der Waals surface area contributed by atoms with Crippen molar-refractivity contribution in [2.24, 2.45) is 5.73 Å². The van der Waals surface area contributed by atoms with Gasteiger partial charge in [0.2, 0.25) is 0 Å². The van der Waals surface area contributed by atoms with Crippen molar-refractivity contribution >= 4 is 5.91 Å². The predicted molar refractivity (Wildman–Crippen MR) is 74.9 cm³/mol. The molecule has 0 aliphatic carbocycles. The number of primary amides is 1. The van der Waals surface area contributed by atoms with E-state index in [9.17, 15) is 27.5 Å². The number of carbonyl (C=O) groups excluding carboxylic acids is 1. The first-order chi connectivity index (χ1) is 10.7. The van der Waals surface area contributed by atoms with Gasteiger partial charge in [-0.15, -0.1) is 0 Å². The van der Waals surface area contributed by atoms with Crippen molar-refractivity contribution in [1.82, 2.24) is 0 Å². The molecule has 122 valence electrons. The van der Waals surface area contributed by atoms with E-state index in [-0.39, 0.29) is 5.56 Å². The Balaban J connectivity index is 2.27. The fraction of sp³-hybridized carbons (Fsp3) is 0.188. The third-order valence-electron chi connectivity index (χ3n) is 3.41. The third-order valence-corrected chi connectivity index (χ3v) is 3.41. The van der Waals surface area contributed by atoms with Crippen LogP contribution in [0, 0.1) is 11.6 Å². The van der Waals surface area contributed by atoms with E-state index in [0.29, 0.717) is 0 Å². The molecule has 0 bridgehead atoms. The molecule has 0 heterocycles. The number of aliphatic hydroxyl groups is 1. The van der Waals surface area contributed by atoms with Gasteiger partial charge in [-0.3, -0.25) is 4.79 Å². The Labute approximate surface area is 129 Å². The van der Waals surface area contributed by atoms with Gasteiger partial charge in [0, 0.05) is 12.0 Å². The first-order valence-electron chi connectivity index (χ1n) is 6.62. The summed E-state index contributed by atoms with van der Waals surface area (Å²) in [7, 11) is 0. The van der Waals surface area contributed by atoms with Crippen LogP contribution in [-0.2, 0) is 12.3 Å². The van der Waals surface area contributed by atoms with E-state index in [1.165, 1.54) is 12.1 Å². The molecule has 3 nitrogen and oxygen atoms in total. The van der Waals surface area contributed by atoms with Crippen molar-refractivity contribution in [3.05, 3.63) is 70.8 Å². The van der Waals surface area contributed by atoms with E-state index in [4.69, 9.17) is 5.73 Å². The molecular formula is C16H13F4NO2. The Morgan fingerprint density at radius 2 is 1.74 bits per heavy atom. The number of hydrogen-bond donors (Lipinski definition) is 2. The maximum atomic E-state index is 14.2. The number of carbonyl (C=O) groups is 1. The van der Waals surface area contributed by atoms with Crippen LogP contribution in [0.3, 0.4) is 0 Å². The second kappa shape index (κ2) is 6.37. The molecule has 2 rings (SSSR count). The summed E-state index contributed by atoms with van der Waals surface area (Å²) in [6, 6.07) is 6.93. The van der Waals surface area contributed by atoms with Gasteiger partial charge >= 0.3 is 0 Å². The molecule has 0 saturated heterocycles. The monoisotopic (exact) mass is 327 g/mol. The highest BCUT2D eigenvalue weighted by Crippen LogP contribution is 2.34. The highest BCUT2D eigenvalue weighted by Gasteiger charge is 2.40. The van der Waals surface area contributed by atoms with Gasteiger partial charge in [-0.05, 0) is 23.8 Å². The van der Waals surface area contributed by atoms with Crippen molar-refractivity contribution in [2.75, 3.05) is 0 Å². The topological polar surface area (TPSA) is 63.3 Å². The van der Waals surface area contributed by atoms with Crippen molar-refractivity contribution in [3.63, 3.8) is 0 Å². The van der Waals surface area contributed by atoms with Gasteiger partial charge in [-0.2, -0.15) is 8.78 Å². The van der Waals surface area contributed by atoms with Crippen molar-refractivity contribution < 1.29 is 27.5 Å². The summed E-state index contributed by atoms with van der Waals surface area (Å²) in [5.41, 5.74) is 3.67. The Hall–Kier alpha value is -2.41. The second-order valence-corrected chi connectivity index (χ2v) is 4.99. The zero-order chi connectivity index (χ0) is 17.2. The largest absolute Gasteiger partial charge is 0.386 e. The number of hydrogen-bond acceptors (Lipinski definition) is 2. The van der Waals surface area contributed by atoms with Gasteiger partial charge < -0.3 is 10.8 Å². The van der Waals surface area contributed by atoms with Crippen LogP contribution in [0.4, 0.5) is 17.6 Å². The molecule has 0 saturated carbocycles. The average Bonchev–Trinajstić information content (AvgIpc) is 2.49. The molecule has 0 aliphatic heterocycles. The molecule has 7 heteroatoms. The van der Waals surface area contributed by atoms with E-state index in [0.717, 1.165) is 30.3 Å². The van der Waals surface area contributed by atoms with Gasteiger partial charge in [-0.25, -0.2) is 8.78 Å². The minimum Gasteiger partial charge on any atom is -0.386 e. The van der Waals surface area contributed by atoms with Crippen LogP contribution >= 0.6 is 0 Å². The summed E-state index contributed by atoms with van der Waals surface area (Å²) < 4.78 is 55.2.